The summed E-state index contributed by atoms with van der Waals surface area (Å²) < 4.78 is 7.00. The summed E-state index contributed by atoms with van der Waals surface area (Å²) >= 11 is 0. The molecular weight excluding hydrogens is 308 g/mol. The summed E-state index contributed by atoms with van der Waals surface area (Å²) in [5, 5.41) is 0. The number of aryl methyl sites for hydroxylation is 1. The zero-order chi connectivity index (χ0) is 16.5. The third-order valence-corrected chi connectivity index (χ3v) is 4.19. The van der Waals surface area contributed by atoms with Gasteiger partial charge in [-0.1, -0.05) is 0 Å². The second kappa shape index (κ2) is 5.91. The van der Waals surface area contributed by atoms with Gasteiger partial charge >= 0.3 is 0 Å². The first kappa shape index (κ1) is 14.6. The lowest BCUT2D eigenvalue weighted by Crippen LogP contribution is -2.47. The zero-order valence-electron chi connectivity index (χ0n) is 13.6. The maximum Gasteiger partial charge on any atom is 0.225 e. The first-order valence-corrected chi connectivity index (χ1v) is 7.74. The van der Waals surface area contributed by atoms with Gasteiger partial charge in [0.15, 0.2) is 22.7 Å². The minimum Gasteiger partial charge on any atom is -0.494 e. The van der Waals surface area contributed by atoms with Crippen LogP contribution >= 0.6 is 0 Å². The van der Waals surface area contributed by atoms with Gasteiger partial charge in [-0.05, 0) is 0 Å². The van der Waals surface area contributed by atoms with Gasteiger partial charge in [-0.3, -0.25) is 0 Å². The molecule has 9 heteroatoms. The Bertz CT molecular complexity index is 838. The molecule has 0 saturated carbocycles. The van der Waals surface area contributed by atoms with Crippen LogP contribution in [0.5, 0.6) is 5.75 Å². The number of aromatic nitrogens is 6. The standard InChI is InChI=1S/C15H18N8O/c1-21-10-20-12-13(21)18-9-19-14(12)22-3-5-23(6-4-22)15-16-7-11(24-2)8-17-15/h7-10H,3-6H2,1-2H3. The molecule has 1 saturated heterocycles. The maximum atomic E-state index is 5.10. The summed E-state index contributed by atoms with van der Waals surface area (Å²) in [5.74, 6) is 2.27. The number of anilines is 2. The first-order valence-electron chi connectivity index (χ1n) is 7.74. The molecule has 0 amide bonds. The monoisotopic (exact) mass is 326 g/mol. The van der Waals surface area contributed by atoms with E-state index in [1.54, 1.807) is 32.2 Å². The van der Waals surface area contributed by atoms with E-state index in [-0.39, 0.29) is 0 Å². The molecule has 0 unspecified atom stereocenters. The van der Waals surface area contributed by atoms with Crippen LogP contribution in [0.2, 0.25) is 0 Å². The van der Waals surface area contributed by atoms with E-state index >= 15 is 0 Å². The van der Waals surface area contributed by atoms with Gasteiger partial charge in [-0.15, -0.1) is 0 Å². The highest BCUT2D eigenvalue weighted by molar-refractivity contribution is 5.83. The molecule has 9 nitrogen and oxygen atoms in total. The molecule has 0 aromatic carbocycles. The van der Waals surface area contributed by atoms with Crippen LogP contribution in [0.15, 0.2) is 25.0 Å². The number of fused-ring (bicyclic) bond motifs is 1. The largest absolute Gasteiger partial charge is 0.494 e. The van der Waals surface area contributed by atoms with Gasteiger partial charge in [0.2, 0.25) is 5.95 Å². The Labute approximate surface area is 139 Å². The summed E-state index contributed by atoms with van der Waals surface area (Å²) in [7, 11) is 3.54. The average molecular weight is 326 g/mol. The van der Waals surface area contributed by atoms with Crippen molar-refractivity contribution in [3.63, 3.8) is 0 Å². The van der Waals surface area contributed by atoms with Crippen LogP contribution in [0.1, 0.15) is 0 Å². The molecule has 124 valence electrons. The Hall–Kier alpha value is -2.97. The highest BCUT2D eigenvalue weighted by Gasteiger charge is 2.22. The highest BCUT2D eigenvalue weighted by atomic mass is 16.5. The van der Waals surface area contributed by atoms with E-state index in [1.807, 2.05) is 11.6 Å². The minimum absolute atomic E-state index is 0.663. The molecule has 3 aromatic rings. The molecule has 0 spiro atoms. The van der Waals surface area contributed by atoms with E-state index < -0.39 is 0 Å². The Balaban J connectivity index is 1.51. The fraction of sp³-hybridized carbons (Fsp3) is 0.400. The molecule has 4 rings (SSSR count). The average Bonchev–Trinajstić information content (AvgIpc) is 3.03. The van der Waals surface area contributed by atoms with E-state index in [0.29, 0.717) is 5.75 Å². The van der Waals surface area contributed by atoms with Crippen molar-refractivity contribution in [2.75, 3.05) is 43.1 Å². The molecule has 0 atom stereocenters. The van der Waals surface area contributed by atoms with E-state index in [1.165, 1.54) is 0 Å². The maximum absolute atomic E-state index is 5.10. The fourth-order valence-electron chi connectivity index (χ4n) is 2.86. The molecule has 1 aliphatic heterocycles. The highest BCUT2D eigenvalue weighted by Crippen LogP contribution is 2.23. The predicted octanol–water partition coefficient (Wildman–Crippen LogP) is 0.488. The summed E-state index contributed by atoms with van der Waals surface area (Å²) in [6, 6.07) is 0. The predicted molar refractivity (Wildman–Crippen MR) is 89.3 cm³/mol. The van der Waals surface area contributed by atoms with Crippen molar-refractivity contribution in [1.82, 2.24) is 29.5 Å². The van der Waals surface area contributed by atoms with Crippen LogP contribution in [-0.2, 0) is 7.05 Å². The number of ether oxygens (including phenoxy) is 1. The summed E-state index contributed by atoms with van der Waals surface area (Å²) in [6.07, 6.45) is 6.75. The quantitative estimate of drug-likeness (QED) is 0.687. The second-order valence-electron chi connectivity index (χ2n) is 5.62. The number of rotatable bonds is 3. The van der Waals surface area contributed by atoms with Crippen molar-refractivity contribution >= 4 is 22.9 Å². The van der Waals surface area contributed by atoms with Crippen LogP contribution in [0.25, 0.3) is 11.2 Å². The summed E-state index contributed by atoms with van der Waals surface area (Å²) in [5.41, 5.74) is 1.69. The van der Waals surface area contributed by atoms with E-state index in [4.69, 9.17) is 4.74 Å². The first-order chi connectivity index (χ1) is 11.8. The topological polar surface area (TPSA) is 85.1 Å². The van der Waals surface area contributed by atoms with Crippen LogP contribution in [0.3, 0.4) is 0 Å². The molecule has 0 radical (unpaired) electrons. The Morgan fingerprint density at radius 1 is 0.917 bits per heavy atom. The number of nitrogens with zero attached hydrogens (tertiary/aromatic N) is 8. The molecule has 3 aromatic heterocycles. The molecule has 0 aliphatic carbocycles. The third-order valence-electron chi connectivity index (χ3n) is 4.19. The molecule has 1 aliphatic rings. The minimum atomic E-state index is 0.663. The van der Waals surface area contributed by atoms with Gasteiger partial charge in [0.1, 0.15) is 6.33 Å². The number of piperazine rings is 1. The van der Waals surface area contributed by atoms with E-state index in [2.05, 4.69) is 34.7 Å². The van der Waals surface area contributed by atoms with Crippen molar-refractivity contribution in [3.05, 3.63) is 25.0 Å². The van der Waals surface area contributed by atoms with Crippen molar-refractivity contribution in [1.29, 1.82) is 0 Å². The Morgan fingerprint density at radius 2 is 1.62 bits per heavy atom. The normalized spacial score (nSPS) is 15.1. The smallest absolute Gasteiger partial charge is 0.225 e. The lowest BCUT2D eigenvalue weighted by Gasteiger charge is -2.35. The van der Waals surface area contributed by atoms with E-state index in [9.17, 15) is 0 Å². The van der Waals surface area contributed by atoms with Gasteiger partial charge in [0.25, 0.3) is 0 Å². The molecule has 0 bridgehead atoms. The number of methoxy groups -OCH3 is 1. The zero-order valence-corrected chi connectivity index (χ0v) is 13.6. The van der Waals surface area contributed by atoms with Gasteiger partial charge in [-0.2, -0.15) is 0 Å². The lowest BCUT2D eigenvalue weighted by atomic mass is 10.3. The summed E-state index contributed by atoms with van der Waals surface area (Å²) in [4.78, 5) is 26.3. The summed E-state index contributed by atoms with van der Waals surface area (Å²) in [6.45, 7) is 3.31. The van der Waals surface area contributed by atoms with Crippen molar-refractivity contribution in [3.8, 4) is 5.75 Å². The Morgan fingerprint density at radius 3 is 2.33 bits per heavy atom. The molecule has 24 heavy (non-hydrogen) atoms. The van der Waals surface area contributed by atoms with Gasteiger partial charge in [0.05, 0.1) is 25.8 Å². The molecule has 1 fully saturated rings. The van der Waals surface area contributed by atoms with E-state index in [0.717, 1.165) is 49.1 Å². The lowest BCUT2D eigenvalue weighted by molar-refractivity contribution is 0.410. The molecular formula is C15H18N8O. The van der Waals surface area contributed by atoms with Crippen molar-refractivity contribution in [2.24, 2.45) is 7.05 Å². The van der Waals surface area contributed by atoms with Crippen LogP contribution in [0, 0.1) is 0 Å². The van der Waals surface area contributed by atoms with Gasteiger partial charge in [0, 0.05) is 33.2 Å². The molecule has 4 heterocycles. The SMILES string of the molecule is COc1cnc(N2CCN(c3ncnc4c3ncn4C)CC2)nc1. The second-order valence-corrected chi connectivity index (χ2v) is 5.62. The number of hydrogen-bond acceptors (Lipinski definition) is 8. The van der Waals surface area contributed by atoms with Crippen molar-refractivity contribution in [2.45, 2.75) is 0 Å². The van der Waals surface area contributed by atoms with Gasteiger partial charge < -0.3 is 19.1 Å². The van der Waals surface area contributed by atoms with Crippen molar-refractivity contribution < 1.29 is 4.74 Å². The van der Waals surface area contributed by atoms with Gasteiger partial charge in [-0.25, -0.2) is 24.9 Å². The van der Waals surface area contributed by atoms with Crippen LogP contribution in [0.4, 0.5) is 11.8 Å². The Kier molecular flexibility index (Phi) is 3.60. The number of imidazole rings is 1. The van der Waals surface area contributed by atoms with Crippen LogP contribution < -0.4 is 14.5 Å². The third kappa shape index (κ3) is 2.47. The number of hydrogen-bond donors (Lipinski definition) is 0. The molecule has 0 N–H and O–H groups in total. The fourth-order valence-corrected chi connectivity index (χ4v) is 2.86. The van der Waals surface area contributed by atoms with Crippen LogP contribution in [-0.4, -0.2) is 62.8 Å².